The monoisotopic (exact) mass is 262 g/mol. The zero-order chi connectivity index (χ0) is 13.8. The molecule has 2 rings (SSSR count). The van der Waals surface area contributed by atoms with Crippen molar-refractivity contribution < 1.29 is 5.11 Å². The van der Waals surface area contributed by atoms with Crippen LogP contribution in [0.4, 0.5) is 5.69 Å². The average Bonchev–Trinajstić information content (AvgIpc) is 2.46. The van der Waals surface area contributed by atoms with E-state index in [0.29, 0.717) is 5.92 Å². The number of rotatable bonds is 4. The number of aliphatic hydroxyl groups is 1. The maximum absolute atomic E-state index is 9.28. The highest BCUT2D eigenvalue weighted by Crippen LogP contribution is 2.26. The van der Waals surface area contributed by atoms with Gasteiger partial charge in [0.05, 0.1) is 6.61 Å². The van der Waals surface area contributed by atoms with Gasteiger partial charge in [-0.05, 0) is 35.6 Å². The minimum absolute atomic E-state index is 0.198. The Morgan fingerprint density at radius 2 is 2.21 bits per heavy atom. The van der Waals surface area contributed by atoms with E-state index in [1.807, 2.05) is 0 Å². The van der Waals surface area contributed by atoms with Crippen LogP contribution >= 0.6 is 0 Å². The van der Waals surface area contributed by atoms with Crippen molar-refractivity contribution in [3.8, 4) is 0 Å². The summed E-state index contributed by atoms with van der Waals surface area (Å²) in [4.78, 5) is 2.38. The Hall–Kier alpha value is -1.06. The lowest BCUT2D eigenvalue weighted by Gasteiger charge is -2.35. The first-order valence-corrected chi connectivity index (χ1v) is 7.37. The number of anilines is 1. The van der Waals surface area contributed by atoms with Gasteiger partial charge in [0, 0.05) is 31.4 Å². The first-order chi connectivity index (χ1) is 9.15. The third kappa shape index (κ3) is 3.28. The number of nitrogens with one attached hydrogen (secondary N) is 1. The second kappa shape index (κ2) is 6.40. The number of benzene rings is 1. The lowest BCUT2D eigenvalue weighted by molar-refractivity contribution is 0.235. The van der Waals surface area contributed by atoms with Gasteiger partial charge in [0.1, 0.15) is 0 Å². The molecule has 1 aromatic rings. The van der Waals surface area contributed by atoms with Crippen LogP contribution in [0.2, 0.25) is 0 Å². The molecule has 0 aromatic heterocycles. The molecule has 1 saturated heterocycles. The maximum atomic E-state index is 9.28. The van der Waals surface area contributed by atoms with Crippen LogP contribution < -0.4 is 10.2 Å². The second-order valence-corrected chi connectivity index (χ2v) is 5.67. The fraction of sp³-hybridized carbons (Fsp3) is 0.625. The lowest BCUT2D eigenvalue weighted by Crippen LogP contribution is -2.52. The van der Waals surface area contributed by atoms with Crippen LogP contribution in [-0.2, 0) is 6.42 Å². The summed E-state index contributed by atoms with van der Waals surface area (Å²) < 4.78 is 0. The zero-order valence-electron chi connectivity index (χ0n) is 12.3. The summed E-state index contributed by atoms with van der Waals surface area (Å²) in [5, 5.41) is 12.6. The topological polar surface area (TPSA) is 35.5 Å². The van der Waals surface area contributed by atoms with E-state index in [1.54, 1.807) is 0 Å². The Balaban J connectivity index is 2.20. The Bertz CT molecular complexity index is 417. The molecule has 1 unspecified atom stereocenters. The van der Waals surface area contributed by atoms with Gasteiger partial charge in [0.2, 0.25) is 0 Å². The van der Waals surface area contributed by atoms with E-state index in [4.69, 9.17) is 0 Å². The second-order valence-electron chi connectivity index (χ2n) is 5.67. The standard InChI is InChI=1S/C16H26N2O/c1-4-13-9-15(5-6-16(13)12(2)3)18-8-7-17-14(10-18)11-19/h5-6,9,12,14,17,19H,4,7-8,10-11H2,1-3H3. The van der Waals surface area contributed by atoms with E-state index >= 15 is 0 Å². The Morgan fingerprint density at radius 1 is 1.42 bits per heavy atom. The van der Waals surface area contributed by atoms with Crippen LogP contribution in [-0.4, -0.2) is 37.4 Å². The lowest BCUT2D eigenvalue weighted by atomic mass is 9.95. The highest BCUT2D eigenvalue weighted by atomic mass is 16.3. The molecule has 1 aliphatic heterocycles. The molecule has 3 heteroatoms. The van der Waals surface area contributed by atoms with Gasteiger partial charge < -0.3 is 15.3 Å². The largest absolute Gasteiger partial charge is 0.395 e. The molecule has 0 saturated carbocycles. The van der Waals surface area contributed by atoms with E-state index in [-0.39, 0.29) is 12.6 Å². The smallest absolute Gasteiger partial charge is 0.0601 e. The molecule has 1 heterocycles. The van der Waals surface area contributed by atoms with Gasteiger partial charge in [-0.3, -0.25) is 0 Å². The Kier molecular flexibility index (Phi) is 4.83. The minimum Gasteiger partial charge on any atom is -0.395 e. The van der Waals surface area contributed by atoms with Crippen LogP contribution in [0.3, 0.4) is 0 Å². The molecule has 0 aliphatic carbocycles. The zero-order valence-corrected chi connectivity index (χ0v) is 12.3. The predicted molar refractivity (Wildman–Crippen MR) is 81.0 cm³/mol. The Morgan fingerprint density at radius 3 is 2.84 bits per heavy atom. The number of hydrogen-bond donors (Lipinski definition) is 2. The molecular weight excluding hydrogens is 236 g/mol. The van der Waals surface area contributed by atoms with E-state index in [2.05, 4.69) is 49.2 Å². The molecule has 0 radical (unpaired) electrons. The van der Waals surface area contributed by atoms with Crippen LogP contribution in [0.5, 0.6) is 0 Å². The summed E-state index contributed by atoms with van der Waals surface area (Å²) in [7, 11) is 0. The van der Waals surface area contributed by atoms with Crippen molar-refractivity contribution in [1.29, 1.82) is 0 Å². The molecule has 1 atom stereocenters. The van der Waals surface area contributed by atoms with Crippen molar-refractivity contribution in [3.05, 3.63) is 29.3 Å². The van der Waals surface area contributed by atoms with Gasteiger partial charge in [-0.2, -0.15) is 0 Å². The molecule has 0 amide bonds. The third-order valence-electron chi connectivity index (χ3n) is 3.97. The third-order valence-corrected chi connectivity index (χ3v) is 3.97. The van der Waals surface area contributed by atoms with Gasteiger partial charge >= 0.3 is 0 Å². The van der Waals surface area contributed by atoms with Gasteiger partial charge in [-0.15, -0.1) is 0 Å². The van der Waals surface area contributed by atoms with Crippen molar-refractivity contribution in [1.82, 2.24) is 5.32 Å². The Labute approximate surface area is 116 Å². The van der Waals surface area contributed by atoms with E-state index in [1.165, 1.54) is 16.8 Å². The predicted octanol–water partition coefficient (Wildman–Crippen LogP) is 2.14. The first-order valence-electron chi connectivity index (χ1n) is 7.37. The summed E-state index contributed by atoms with van der Waals surface area (Å²) in [6.45, 7) is 9.78. The average molecular weight is 262 g/mol. The molecule has 1 aliphatic rings. The number of aryl methyl sites for hydroxylation is 1. The quantitative estimate of drug-likeness (QED) is 0.872. The van der Waals surface area contributed by atoms with E-state index in [9.17, 15) is 5.11 Å². The molecule has 3 nitrogen and oxygen atoms in total. The van der Waals surface area contributed by atoms with Crippen LogP contribution in [0.15, 0.2) is 18.2 Å². The van der Waals surface area contributed by atoms with Crippen molar-refractivity contribution in [2.24, 2.45) is 0 Å². The molecule has 0 bridgehead atoms. The molecular formula is C16H26N2O. The number of piperazine rings is 1. The van der Waals surface area contributed by atoms with Crippen LogP contribution in [0.1, 0.15) is 37.8 Å². The SMILES string of the molecule is CCc1cc(N2CCNC(CO)C2)ccc1C(C)C. The van der Waals surface area contributed by atoms with Gasteiger partial charge in [-0.1, -0.05) is 26.8 Å². The molecule has 106 valence electrons. The molecule has 2 N–H and O–H groups in total. The molecule has 1 fully saturated rings. The molecule has 19 heavy (non-hydrogen) atoms. The number of hydrogen-bond acceptors (Lipinski definition) is 3. The summed E-state index contributed by atoms with van der Waals surface area (Å²) in [5.41, 5.74) is 4.20. The van der Waals surface area contributed by atoms with Crippen molar-refractivity contribution in [2.75, 3.05) is 31.1 Å². The summed E-state index contributed by atoms with van der Waals surface area (Å²) in [6.07, 6.45) is 1.08. The van der Waals surface area contributed by atoms with Crippen LogP contribution in [0, 0.1) is 0 Å². The molecule has 0 spiro atoms. The maximum Gasteiger partial charge on any atom is 0.0601 e. The summed E-state index contributed by atoms with van der Waals surface area (Å²) in [6, 6.07) is 7.03. The van der Waals surface area contributed by atoms with Crippen molar-refractivity contribution in [3.63, 3.8) is 0 Å². The first kappa shape index (κ1) is 14.4. The molecule has 1 aromatic carbocycles. The van der Waals surface area contributed by atoms with Crippen LogP contribution in [0.25, 0.3) is 0 Å². The van der Waals surface area contributed by atoms with Gasteiger partial charge in [0.15, 0.2) is 0 Å². The summed E-state index contributed by atoms with van der Waals surface area (Å²) >= 11 is 0. The van der Waals surface area contributed by atoms with E-state index < -0.39 is 0 Å². The van der Waals surface area contributed by atoms with E-state index in [0.717, 1.165) is 26.1 Å². The van der Waals surface area contributed by atoms with Gasteiger partial charge in [0.25, 0.3) is 0 Å². The minimum atomic E-state index is 0.198. The van der Waals surface area contributed by atoms with Crippen molar-refractivity contribution in [2.45, 2.75) is 39.2 Å². The summed E-state index contributed by atoms with van der Waals surface area (Å²) in [5.74, 6) is 0.581. The number of aliphatic hydroxyl groups excluding tert-OH is 1. The normalized spacial score (nSPS) is 20.1. The highest BCUT2D eigenvalue weighted by molar-refractivity contribution is 5.52. The van der Waals surface area contributed by atoms with Gasteiger partial charge in [-0.25, -0.2) is 0 Å². The number of nitrogens with zero attached hydrogens (tertiary/aromatic N) is 1. The fourth-order valence-electron chi connectivity index (χ4n) is 2.84. The fourth-order valence-corrected chi connectivity index (χ4v) is 2.84. The highest BCUT2D eigenvalue weighted by Gasteiger charge is 2.19. The van der Waals surface area contributed by atoms with Crippen molar-refractivity contribution >= 4 is 5.69 Å².